The minimum absolute atomic E-state index is 0.150. The molecule has 0 saturated carbocycles. The number of rotatable bonds is 2. The third kappa shape index (κ3) is 2.23. The van der Waals surface area contributed by atoms with Crippen LogP contribution in [-0.2, 0) is 0 Å². The highest BCUT2D eigenvalue weighted by Crippen LogP contribution is 2.50. The Balaban J connectivity index is 1.65. The summed E-state index contributed by atoms with van der Waals surface area (Å²) >= 11 is 1.69. The quantitative estimate of drug-likeness (QED) is 0.557. The largest absolute Gasteiger partial charge is 0.480 e. The molecular formula is C21H15N5OS. The van der Waals surface area contributed by atoms with Crippen molar-refractivity contribution in [3.63, 3.8) is 0 Å². The Morgan fingerprint density at radius 1 is 1.07 bits per heavy atom. The number of hydrogen-bond acceptors (Lipinski definition) is 6. The molecule has 1 aromatic carbocycles. The fourth-order valence-corrected chi connectivity index (χ4v) is 4.72. The lowest BCUT2D eigenvalue weighted by Gasteiger charge is -2.38. The summed E-state index contributed by atoms with van der Waals surface area (Å²) in [5.41, 5.74) is 4.24. The first-order valence-electron chi connectivity index (χ1n) is 9.00. The number of fused-ring (bicyclic) bond motifs is 3. The Kier molecular flexibility index (Phi) is 3.36. The van der Waals surface area contributed by atoms with Gasteiger partial charge in [0.25, 0.3) is 0 Å². The lowest BCUT2D eigenvalue weighted by molar-refractivity contribution is 0.226. The van der Waals surface area contributed by atoms with Gasteiger partial charge in [-0.3, -0.25) is 4.98 Å². The molecule has 0 radical (unpaired) electrons. The normalized spacial score (nSPS) is 19.9. The minimum atomic E-state index is -0.208. The number of thiophene rings is 1. The van der Waals surface area contributed by atoms with Crippen LogP contribution in [0.2, 0.25) is 0 Å². The first kappa shape index (κ1) is 15.6. The Morgan fingerprint density at radius 3 is 2.89 bits per heavy atom. The molecule has 2 aliphatic heterocycles. The van der Waals surface area contributed by atoms with Crippen LogP contribution >= 0.6 is 11.3 Å². The molecule has 1 N–H and O–H groups in total. The first-order valence-corrected chi connectivity index (χ1v) is 9.88. The Labute approximate surface area is 165 Å². The van der Waals surface area contributed by atoms with Crippen molar-refractivity contribution >= 4 is 23.0 Å². The van der Waals surface area contributed by atoms with Crippen LogP contribution in [-0.4, -0.2) is 19.7 Å². The Hall–Kier alpha value is -3.45. The maximum atomic E-state index is 6.52. The van der Waals surface area contributed by atoms with Crippen molar-refractivity contribution < 1.29 is 4.74 Å². The van der Waals surface area contributed by atoms with E-state index in [2.05, 4.69) is 50.0 Å². The second kappa shape index (κ2) is 6.03. The van der Waals surface area contributed by atoms with Gasteiger partial charge in [0, 0.05) is 28.4 Å². The van der Waals surface area contributed by atoms with E-state index in [4.69, 9.17) is 4.74 Å². The van der Waals surface area contributed by atoms with Gasteiger partial charge in [-0.05, 0) is 35.2 Å². The molecule has 6 nitrogen and oxygen atoms in total. The second-order valence-electron chi connectivity index (χ2n) is 6.68. The standard InChI is InChI=1S/C21H15N5OS/c1-2-7-15-14(6-1)18-17(20(27-15)16-8-4-10-28-16)19(13-5-3-9-22-11-13)26-21(25-18)23-12-24-26/h1-12,19-20H,(H,23,24,25)/t19-,20+/m0/s1. The molecule has 0 unspecified atom stereocenters. The summed E-state index contributed by atoms with van der Waals surface area (Å²) < 4.78 is 8.43. The maximum absolute atomic E-state index is 6.52. The molecule has 2 atom stereocenters. The molecular weight excluding hydrogens is 370 g/mol. The predicted octanol–water partition coefficient (Wildman–Crippen LogP) is 4.29. The van der Waals surface area contributed by atoms with E-state index in [1.54, 1.807) is 23.9 Å². The van der Waals surface area contributed by atoms with E-state index in [0.29, 0.717) is 5.95 Å². The summed E-state index contributed by atoms with van der Waals surface area (Å²) in [7, 11) is 0. The van der Waals surface area contributed by atoms with Crippen LogP contribution in [0.15, 0.2) is 78.2 Å². The van der Waals surface area contributed by atoms with Gasteiger partial charge in [-0.25, -0.2) is 4.68 Å². The van der Waals surface area contributed by atoms with Crippen molar-refractivity contribution in [1.29, 1.82) is 0 Å². The molecule has 4 aromatic rings. The van der Waals surface area contributed by atoms with E-state index in [9.17, 15) is 0 Å². The average molecular weight is 385 g/mol. The van der Waals surface area contributed by atoms with Gasteiger partial charge >= 0.3 is 0 Å². The SMILES string of the molecule is c1cncc([C@H]2C3=C(Nc4ncnn42)c2ccccc2O[C@@H]3c2cccs2)c1. The number of para-hydroxylation sites is 1. The molecule has 0 amide bonds. The van der Waals surface area contributed by atoms with Gasteiger partial charge in [0.2, 0.25) is 5.95 Å². The number of aromatic nitrogens is 4. The fraction of sp³-hybridized carbons (Fsp3) is 0.0952. The molecule has 2 aliphatic rings. The molecule has 5 heterocycles. The van der Waals surface area contributed by atoms with E-state index in [-0.39, 0.29) is 12.1 Å². The van der Waals surface area contributed by atoms with Gasteiger partial charge in [0.15, 0.2) is 6.10 Å². The van der Waals surface area contributed by atoms with Crippen LogP contribution in [0.4, 0.5) is 5.95 Å². The molecule has 0 aliphatic carbocycles. The number of benzene rings is 1. The third-order valence-electron chi connectivity index (χ3n) is 5.12. The third-order valence-corrected chi connectivity index (χ3v) is 6.04. The summed E-state index contributed by atoms with van der Waals surface area (Å²) in [6.45, 7) is 0. The lowest BCUT2D eigenvalue weighted by atomic mass is 9.87. The van der Waals surface area contributed by atoms with E-state index < -0.39 is 0 Å². The number of anilines is 1. The van der Waals surface area contributed by atoms with Crippen LogP contribution in [0, 0.1) is 0 Å². The molecule has 0 fully saturated rings. The predicted molar refractivity (Wildman–Crippen MR) is 107 cm³/mol. The van der Waals surface area contributed by atoms with E-state index in [1.165, 1.54) is 0 Å². The zero-order valence-electron chi connectivity index (χ0n) is 14.7. The van der Waals surface area contributed by atoms with Gasteiger partial charge in [0.05, 0.1) is 5.70 Å². The van der Waals surface area contributed by atoms with Crippen molar-refractivity contribution in [1.82, 2.24) is 19.7 Å². The van der Waals surface area contributed by atoms with Crippen LogP contribution < -0.4 is 10.1 Å². The fourth-order valence-electron chi connectivity index (χ4n) is 3.95. The zero-order chi connectivity index (χ0) is 18.5. The summed E-state index contributed by atoms with van der Waals surface area (Å²) in [6.07, 6.45) is 5.04. The van der Waals surface area contributed by atoms with Crippen LogP contribution in [0.3, 0.4) is 0 Å². The summed E-state index contributed by atoms with van der Waals surface area (Å²) in [5.74, 6) is 1.58. The average Bonchev–Trinajstić information content (AvgIpc) is 3.44. The van der Waals surface area contributed by atoms with Crippen molar-refractivity contribution in [3.05, 3.63) is 94.2 Å². The van der Waals surface area contributed by atoms with E-state index >= 15 is 0 Å². The zero-order valence-corrected chi connectivity index (χ0v) is 15.5. The highest BCUT2D eigenvalue weighted by molar-refractivity contribution is 7.10. The van der Waals surface area contributed by atoms with Gasteiger partial charge in [-0.15, -0.1) is 11.3 Å². The highest BCUT2D eigenvalue weighted by Gasteiger charge is 2.41. The molecule has 6 rings (SSSR count). The first-order chi connectivity index (χ1) is 13.9. The molecule has 7 heteroatoms. The number of pyridine rings is 1. The molecule has 0 saturated heterocycles. The maximum Gasteiger partial charge on any atom is 0.226 e. The summed E-state index contributed by atoms with van der Waals surface area (Å²) in [5, 5.41) is 10.1. The van der Waals surface area contributed by atoms with Crippen molar-refractivity contribution in [3.8, 4) is 5.75 Å². The number of hydrogen-bond donors (Lipinski definition) is 1. The monoisotopic (exact) mass is 385 g/mol. The van der Waals surface area contributed by atoms with Crippen LogP contribution in [0.25, 0.3) is 5.70 Å². The van der Waals surface area contributed by atoms with Gasteiger partial charge in [-0.2, -0.15) is 10.1 Å². The van der Waals surface area contributed by atoms with Crippen molar-refractivity contribution in [2.75, 3.05) is 5.32 Å². The van der Waals surface area contributed by atoms with Crippen LogP contribution in [0.1, 0.15) is 28.1 Å². The molecule has 28 heavy (non-hydrogen) atoms. The molecule has 0 spiro atoms. The number of nitrogens with one attached hydrogen (secondary N) is 1. The minimum Gasteiger partial charge on any atom is -0.480 e. The number of ether oxygens (including phenoxy) is 1. The van der Waals surface area contributed by atoms with Crippen molar-refractivity contribution in [2.24, 2.45) is 0 Å². The number of nitrogens with zero attached hydrogens (tertiary/aromatic N) is 4. The van der Waals surface area contributed by atoms with E-state index in [0.717, 1.165) is 33.0 Å². The van der Waals surface area contributed by atoms with Crippen molar-refractivity contribution in [2.45, 2.75) is 12.1 Å². The van der Waals surface area contributed by atoms with Crippen LogP contribution in [0.5, 0.6) is 5.75 Å². The lowest BCUT2D eigenvalue weighted by Crippen LogP contribution is -2.32. The summed E-state index contributed by atoms with van der Waals surface area (Å²) in [6, 6.07) is 16.2. The van der Waals surface area contributed by atoms with Gasteiger partial charge < -0.3 is 10.1 Å². The highest BCUT2D eigenvalue weighted by atomic mass is 32.1. The second-order valence-corrected chi connectivity index (χ2v) is 7.66. The molecule has 136 valence electrons. The summed E-state index contributed by atoms with van der Waals surface area (Å²) in [4.78, 5) is 9.93. The Morgan fingerprint density at radius 2 is 2.04 bits per heavy atom. The molecule has 0 bridgehead atoms. The topological polar surface area (TPSA) is 64.9 Å². The van der Waals surface area contributed by atoms with Gasteiger partial charge in [0.1, 0.15) is 18.1 Å². The smallest absolute Gasteiger partial charge is 0.226 e. The van der Waals surface area contributed by atoms with E-state index in [1.807, 2.05) is 35.1 Å². The molecule has 3 aromatic heterocycles. The Bertz CT molecular complexity index is 1180. The van der Waals surface area contributed by atoms with Gasteiger partial charge in [-0.1, -0.05) is 24.3 Å².